The highest BCUT2D eigenvalue weighted by Crippen LogP contribution is 2.34. The first-order valence-corrected chi connectivity index (χ1v) is 10.5. The number of nitrogens with two attached hydrogens (primary N) is 1. The van der Waals surface area contributed by atoms with Gasteiger partial charge in [-0.25, -0.2) is 4.98 Å². The molecule has 8 nitrogen and oxygen atoms in total. The van der Waals surface area contributed by atoms with Gasteiger partial charge in [-0.3, -0.25) is 0 Å². The van der Waals surface area contributed by atoms with Crippen LogP contribution in [0.3, 0.4) is 0 Å². The van der Waals surface area contributed by atoms with Gasteiger partial charge in [-0.05, 0) is 36.8 Å². The largest absolute Gasteiger partial charge is 0.493 e. The summed E-state index contributed by atoms with van der Waals surface area (Å²) in [6.45, 7) is 3.20. The summed E-state index contributed by atoms with van der Waals surface area (Å²) in [5.74, 6) is 2.24. The van der Waals surface area contributed by atoms with Crippen molar-refractivity contribution in [2.75, 3.05) is 56.3 Å². The molecule has 1 aliphatic rings. The Hall–Kier alpha value is -3.33. The van der Waals surface area contributed by atoms with Crippen LogP contribution < -0.4 is 25.4 Å². The van der Waals surface area contributed by atoms with E-state index in [0.717, 1.165) is 54.3 Å². The van der Waals surface area contributed by atoms with Crippen molar-refractivity contribution < 1.29 is 9.47 Å². The third-order valence-corrected chi connectivity index (χ3v) is 5.67. The van der Waals surface area contributed by atoms with E-state index in [1.54, 1.807) is 14.2 Å². The first-order chi connectivity index (χ1) is 15.1. The molecule has 9 heteroatoms. The number of nitrogen functional groups attached to an aromatic ring is 1. The van der Waals surface area contributed by atoms with Gasteiger partial charge in [0.2, 0.25) is 5.95 Å². The molecular formula is C22H26N6O2S. The smallest absolute Gasteiger partial charge is 0.227 e. The molecule has 0 spiro atoms. The van der Waals surface area contributed by atoms with Crippen LogP contribution in [0.4, 0.5) is 17.5 Å². The van der Waals surface area contributed by atoms with E-state index >= 15 is 0 Å². The van der Waals surface area contributed by atoms with Crippen LogP contribution >= 0.6 is 12.2 Å². The summed E-state index contributed by atoms with van der Waals surface area (Å²) < 4.78 is 10.8. The highest BCUT2D eigenvalue weighted by atomic mass is 32.1. The number of nitrogens with one attached hydrogen (secondary N) is 1. The summed E-state index contributed by atoms with van der Waals surface area (Å²) in [5, 5.41) is 4.78. The number of para-hydroxylation sites is 1. The highest BCUT2D eigenvalue weighted by Gasteiger charge is 2.20. The lowest BCUT2D eigenvalue weighted by Crippen LogP contribution is -2.38. The molecule has 2 aromatic carbocycles. The molecular weight excluding hydrogens is 412 g/mol. The average Bonchev–Trinajstić information content (AvgIpc) is 3.05. The van der Waals surface area contributed by atoms with Gasteiger partial charge in [0, 0.05) is 43.3 Å². The van der Waals surface area contributed by atoms with Crippen molar-refractivity contribution >= 4 is 45.7 Å². The maximum Gasteiger partial charge on any atom is 0.227 e. The second-order valence-corrected chi connectivity index (χ2v) is 7.64. The monoisotopic (exact) mass is 438 g/mol. The minimum Gasteiger partial charge on any atom is -0.493 e. The zero-order valence-electron chi connectivity index (χ0n) is 17.7. The predicted molar refractivity (Wildman–Crippen MR) is 128 cm³/mol. The molecule has 0 amide bonds. The Morgan fingerprint density at radius 3 is 2.48 bits per heavy atom. The van der Waals surface area contributed by atoms with Crippen LogP contribution in [0.25, 0.3) is 10.9 Å². The molecule has 1 aromatic heterocycles. The second-order valence-electron chi connectivity index (χ2n) is 7.26. The van der Waals surface area contributed by atoms with Gasteiger partial charge < -0.3 is 30.3 Å². The quantitative estimate of drug-likeness (QED) is 0.596. The molecule has 1 aliphatic heterocycles. The van der Waals surface area contributed by atoms with Crippen LogP contribution in [0, 0.1) is 0 Å². The second kappa shape index (κ2) is 9.22. The van der Waals surface area contributed by atoms with Crippen LogP contribution in [0.2, 0.25) is 0 Å². The standard InChI is InChI=1S/C22H26N6O2S/c1-29-18-13-16-17(14-19(18)30-2)25-21(26-20(16)23)27-9-6-10-28(12-11-27)22(31)24-15-7-4-3-5-8-15/h3-5,7-8,13-14H,6,9-12H2,1-2H3,(H,24,31)(H2,23,25,26). The van der Waals surface area contributed by atoms with Crippen LogP contribution in [0.5, 0.6) is 11.5 Å². The number of ether oxygens (including phenoxy) is 2. The summed E-state index contributed by atoms with van der Waals surface area (Å²) in [5.41, 5.74) is 7.98. The maximum absolute atomic E-state index is 6.26. The van der Waals surface area contributed by atoms with Crippen molar-refractivity contribution in [2.45, 2.75) is 6.42 Å². The molecule has 0 unspecified atom stereocenters. The fourth-order valence-electron chi connectivity index (χ4n) is 3.65. The number of anilines is 3. The Balaban J connectivity index is 1.51. The summed E-state index contributed by atoms with van der Waals surface area (Å²) in [4.78, 5) is 13.7. The highest BCUT2D eigenvalue weighted by molar-refractivity contribution is 7.80. The van der Waals surface area contributed by atoms with Crippen molar-refractivity contribution in [1.29, 1.82) is 0 Å². The SMILES string of the molecule is COc1cc2nc(N3CCCN(C(=S)Nc4ccccc4)CC3)nc(N)c2cc1OC. The van der Waals surface area contributed by atoms with Crippen molar-refractivity contribution in [3.8, 4) is 11.5 Å². The van der Waals surface area contributed by atoms with Gasteiger partial charge in [0.15, 0.2) is 16.6 Å². The minimum atomic E-state index is 0.420. The Kier molecular flexibility index (Phi) is 6.22. The molecule has 3 N–H and O–H groups in total. The topological polar surface area (TPSA) is 88.8 Å². The number of rotatable bonds is 4. The Morgan fingerprint density at radius 1 is 1.00 bits per heavy atom. The van der Waals surface area contributed by atoms with Gasteiger partial charge in [0.05, 0.1) is 19.7 Å². The molecule has 31 heavy (non-hydrogen) atoms. The molecule has 0 atom stereocenters. The summed E-state index contributed by atoms with van der Waals surface area (Å²) in [6.07, 6.45) is 0.934. The number of aromatic nitrogens is 2. The Morgan fingerprint density at radius 2 is 1.74 bits per heavy atom. The number of hydrogen-bond donors (Lipinski definition) is 2. The number of benzene rings is 2. The van der Waals surface area contributed by atoms with Crippen LogP contribution in [-0.2, 0) is 0 Å². The van der Waals surface area contributed by atoms with Crippen LogP contribution in [0.1, 0.15) is 6.42 Å². The van der Waals surface area contributed by atoms with Gasteiger partial charge in [-0.1, -0.05) is 18.2 Å². The minimum absolute atomic E-state index is 0.420. The normalized spacial score (nSPS) is 14.3. The lowest BCUT2D eigenvalue weighted by molar-refractivity contribution is 0.356. The lowest BCUT2D eigenvalue weighted by atomic mass is 10.2. The van der Waals surface area contributed by atoms with Crippen molar-refractivity contribution in [2.24, 2.45) is 0 Å². The van der Waals surface area contributed by atoms with E-state index in [1.807, 2.05) is 42.5 Å². The molecule has 1 saturated heterocycles. The van der Waals surface area contributed by atoms with Crippen molar-refractivity contribution in [1.82, 2.24) is 14.9 Å². The zero-order chi connectivity index (χ0) is 21.8. The van der Waals surface area contributed by atoms with E-state index in [-0.39, 0.29) is 0 Å². The zero-order valence-corrected chi connectivity index (χ0v) is 18.5. The lowest BCUT2D eigenvalue weighted by Gasteiger charge is -2.25. The first-order valence-electron chi connectivity index (χ1n) is 10.1. The molecule has 3 aromatic rings. The van der Waals surface area contributed by atoms with Crippen LogP contribution in [-0.4, -0.2) is 60.4 Å². The van der Waals surface area contributed by atoms with Crippen molar-refractivity contribution in [3.63, 3.8) is 0 Å². The van der Waals surface area contributed by atoms with Crippen LogP contribution in [0.15, 0.2) is 42.5 Å². The number of hydrogen-bond acceptors (Lipinski definition) is 7. The molecule has 0 radical (unpaired) electrons. The van der Waals surface area contributed by atoms with E-state index in [9.17, 15) is 0 Å². The van der Waals surface area contributed by atoms with E-state index in [0.29, 0.717) is 23.3 Å². The molecule has 0 bridgehead atoms. The molecule has 162 valence electrons. The number of methoxy groups -OCH3 is 2. The van der Waals surface area contributed by atoms with Gasteiger partial charge >= 0.3 is 0 Å². The average molecular weight is 439 g/mol. The van der Waals surface area contributed by atoms with E-state index in [4.69, 9.17) is 32.4 Å². The number of thiocarbonyl (C=S) groups is 1. The van der Waals surface area contributed by atoms with E-state index in [1.165, 1.54) is 0 Å². The summed E-state index contributed by atoms with van der Waals surface area (Å²) in [7, 11) is 3.19. The van der Waals surface area contributed by atoms with Gasteiger partial charge in [-0.15, -0.1) is 0 Å². The van der Waals surface area contributed by atoms with Gasteiger partial charge in [0.1, 0.15) is 5.82 Å². The molecule has 1 fully saturated rings. The third-order valence-electron chi connectivity index (χ3n) is 5.31. The third kappa shape index (κ3) is 4.56. The number of nitrogens with zero attached hydrogens (tertiary/aromatic N) is 4. The fourth-order valence-corrected chi connectivity index (χ4v) is 3.95. The number of fused-ring (bicyclic) bond motifs is 1. The molecule has 0 aliphatic carbocycles. The summed E-state index contributed by atoms with van der Waals surface area (Å²) in [6, 6.07) is 13.6. The Bertz CT molecular complexity index is 1080. The molecule has 2 heterocycles. The molecule has 4 rings (SSSR count). The molecule has 0 saturated carbocycles. The van der Waals surface area contributed by atoms with Gasteiger partial charge in [-0.2, -0.15) is 4.98 Å². The first kappa shape index (κ1) is 20.9. The fraction of sp³-hybridized carbons (Fsp3) is 0.318. The van der Waals surface area contributed by atoms with Crippen molar-refractivity contribution in [3.05, 3.63) is 42.5 Å². The Labute approximate surface area is 187 Å². The predicted octanol–water partition coefficient (Wildman–Crippen LogP) is 3.14. The summed E-state index contributed by atoms with van der Waals surface area (Å²) >= 11 is 5.63. The van der Waals surface area contributed by atoms with E-state index < -0.39 is 0 Å². The maximum atomic E-state index is 6.26. The van der Waals surface area contributed by atoms with Gasteiger partial charge in [0.25, 0.3) is 0 Å². The van der Waals surface area contributed by atoms with E-state index in [2.05, 4.69) is 20.1 Å².